The molecule has 0 aromatic rings. The van der Waals surface area contributed by atoms with E-state index in [4.69, 9.17) is 4.74 Å². The van der Waals surface area contributed by atoms with E-state index in [0.29, 0.717) is 6.04 Å². The lowest BCUT2D eigenvalue weighted by atomic mass is 9.80. The Morgan fingerprint density at radius 2 is 1.61 bits per heavy atom. The number of nitrogens with one attached hydrogen (secondary N) is 1. The second-order valence-corrected chi connectivity index (χ2v) is 5.94. The SMILES string of the molecule is CCC(CC)CC(NC)C1(OC)CCCCCC1. The molecule has 1 unspecified atom stereocenters. The van der Waals surface area contributed by atoms with Crippen LogP contribution < -0.4 is 5.32 Å². The summed E-state index contributed by atoms with van der Waals surface area (Å²) in [6.07, 6.45) is 11.7. The molecule has 1 N–H and O–H groups in total. The molecule has 0 saturated heterocycles. The van der Waals surface area contributed by atoms with E-state index in [-0.39, 0.29) is 5.60 Å². The average molecular weight is 255 g/mol. The largest absolute Gasteiger partial charge is 0.377 e. The minimum atomic E-state index is 0.0911. The minimum Gasteiger partial charge on any atom is -0.377 e. The van der Waals surface area contributed by atoms with E-state index in [0.717, 1.165) is 5.92 Å². The van der Waals surface area contributed by atoms with Crippen molar-refractivity contribution in [1.82, 2.24) is 5.32 Å². The van der Waals surface area contributed by atoms with E-state index in [9.17, 15) is 0 Å². The lowest BCUT2D eigenvalue weighted by Gasteiger charge is -2.40. The van der Waals surface area contributed by atoms with E-state index in [2.05, 4.69) is 26.2 Å². The maximum Gasteiger partial charge on any atom is 0.0830 e. The molecule has 0 aliphatic heterocycles. The van der Waals surface area contributed by atoms with Gasteiger partial charge in [-0.25, -0.2) is 0 Å². The van der Waals surface area contributed by atoms with E-state index in [1.54, 1.807) is 0 Å². The highest BCUT2D eigenvalue weighted by Crippen LogP contribution is 2.35. The van der Waals surface area contributed by atoms with Gasteiger partial charge in [0, 0.05) is 13.2 Å². The van der Waals surface area contributed by atoms with Gasteiger partial charge in [-0.2, -0.15) is 0 Å². The third-order valence-electron chi connectivity index (χ3n) is 5.06. The second-order valence-electron chi connectivity index (χ2n) is 5.94. The van der Waals surface area contributed by atoms with Gasteiger partial charge in [0.2, 0.25) is 0 Å². The summed E-state index contributed by atoms with van der Waals surface area (Å²) in [6, 6.07) is 0.519. The first-order valence-corrected chi connectivity index (χ1v) is 7.94. The Bertz CT molecular complexity index is 205. The van der Waals surface area contributed by atoms with Crippen LogP contribution in [-0.2, 0) is 4.74 Å². The molecular weight excluding hydrogens is 222 g/mol. The van der Waals surface area contributed by atoms with Crippen molar-refractivity contribution in [2.75, 3.05) is 14.2 Å². The van der Waals surface area contributed by atoms with Gasteiger partial charge in [0.05, 0.1) is 5.60 Å². The average Bonchev–Trinajstić information content (AvgIpc) is 2.66. The number of hydrogen-bond acceptors (Lipinski definition) is 2. The molecule has 0 spiro atoms. The highest BCUT2D eigenvalue weighted by Gasteiger charge is 2.38. The summed E-state index contributed by atoms with van der Waals surface area (Å²) >= 11 is 0. The van der Waals surface area contributed by atoms with Crippen molar-refractivity contribution < 1.29 is 4.74 Å². The predicted octanol–water partition coefficient (Wildman–Crippen LogP) is 4.14. The zero-order chi connectivity index (χ0) is 13.4. The summed E-state index contributed by atoms with van der Waals surface area (Å²) in [5.41, 5.74) is 0.0911. The van der Waals surface area contributed by atoms with Crippen LogP contribution in [0.2, 0.25) is 0 Å². The van der Waals surface area contributed by atoms with Gasteiger partial charge in [0.25, 0.3) is 0 Å². The quantitative estimate of drug-likeness (QED) is 0.690. The number of hydrogen-bond donors (Lipinski definition) is 1. The van der Waals surface area contributed by atoms with Crippen molar-refractivity contribution in [2.24, 2.45) is 5.92 Å². The lowest BCUT2D eigenvalue weighted by molar-refractivity contribution is -0.0567. The maximum atomic E-state index is 6.04. The standard InChI is InChI=1S/C16H33NO/c1-5-14(6-2)13-15(17-3)16(18-4)11-9-7-8-10-12-16/h14-15,17H,5-13H2,1-4H3. The van der Waals surface area contributed by atoms with Crippen molar-refractivity contribution in [3.05, 3.63) is 0 Å². The first kappa shape index (κ1) is 16.0. The van der Waals surface area contributed by atoms with Gasteiger partial charge in [-0.15, -0.1) is 0 Å². The van der Waals surface area contributed by atoms with Crippen LogP contribution in [0, 0.1) is 5.92 Å². The minimum absolute atomic E-state index is 0.0911. The Hall–Kier alpha value is -0.0800. The summed E-state index contributed by atoms with van der Waals surface area (Å²) in [6.45, 7) is 4.63. The monoisotopic (exact) mass is 255 g/mol. The normalized spacial score (nSPS) is 21.8. The molecule has 0 bridgehead atoms. The van der Waals surface area contributed by atoms with Crippen LogP contribution in [0.5, 0.6) is 0 Å². The zero-order valence-corrected chi connectivity index (χ0v) is 12.9. The summed E-state index contributed by atoms with van der Waals surface area (Å²) in [4.78, 5) is 0. The summed E-state index contributed by atoms with van der Waals surface area (Å²) in [5, 5.41) is 3.57. The molecule has 0 amide bonds. The van der Waals surface area contributed by atoms with Crippen molar-refractivity contribution in [2.45, 2.75) is 83.3 Å². The Labute approximate surface area is 114 Å². The summed E-state index contributed by atoms with van der Waals surface area (Å²) < 4.78 is 6.04. The predicted molar refractivity (Wildman–Crippen MR) is 79.0 cm³/mol. The summed E-state index contributed by atoms with van der Waals surface area (Å²) in [5.74, 6) is 0.831. The maximum absolute atomic E-state index is 6.04. The zero-order valence-electron chi connectivity index (χ0n) is 12.9. The topological polar surface area (TPSA) is 21.3 Å². The van der Waals surface area contributed by atoms with E-state index in [1.165, 1.54) is 57.8 Å². The molecule has 0 aromatic carbocycles. The van der Waals surface area contributed by atoms with E-state index >= 15 is 0 Å². The highest BCUT2D eigenvalue weighted by atomic mass is 16.5. The smallest absolute Gasteiger partial charge is 0.0830 e. The summed E-state index contributed by atoms with van der Waals surface area (Å²) in [7, 11) is 4.03. The molecule has 1 fully saturated rings. The fourth-order valence-corrected chi connectivity index (χ4v) is 3.57. The molecule has 1 rings (SSSR count). The van der Waals surface area contributed by atoms with Gasteiger partial charge in [0.15, 0.2) is 0 Å². The Kier molecular flexibility index (Phi) is 7.25. The van der Waals surface area contributed by atoms with Crippen LogP contribution >= 0.6 is 0 Å². The molecule has 1 aliphatic rings. The lowest BCUT2D eigenvalue weighted by Crippen LogP contribution is -2.51. The fourth-order valence-electron chi connectivity index (χ4n) is 3.57. The number of rotatable bonds is 7. The first-order valence-electron chi connectivity index (χ1n) is 7.94. The molecule has 2 nitrogen and oxygen atoms in total. The van der Waals surface area contributed by atoms with E-state index in [1.807, 2.05) is 7.11 Å². The van der Waals surface area contributed by atoms with Crippen LogP contribution in [0.25, 0.3) is 0 Å². The molecule has 0 radical (unpaired) electrons. The molecule has 1 saturated carbocycles. The molecule has 0 aromatic heterocycles. The number of ether oxygens (including phenoxy) is 1. The Morgan fingerprint density at radius 1 is 1.06 bits per heavy atom. The molecular formula is C16H33NO. The van der Waals surface area contributed by atoms with Gasteiger partial charge in [0.1, 0.15) is 0 Å². The van der Waals surface area contributed by atoms with E-state index < -0.39 is 0 Å². The molecule has 1 aliphatic carbocycles. The van der Waals surface area contributed by atoms with Gasteiger partial charge in [-0.1, -0.05) is 52.4 Å². The van der Waals surface area contributed by atoms with Gasteiger partial charge in [-0.05, 0) is 32.2 Å². The van der Waals surface area contributed by atoms with Crippen molar-refractivity contribution >= 4 is 0 Å². The molecule has 18 heavy (non-hydrogen) atoms. The van der Waals surface area contributed by atoms with Crippen LogP contribution in [-0.4, -0.2) is 25.8 Å². The molecule has 0 heterocycles. The van der Waals surface area contributed by atoms with Crippen molar-refractivity contribution in [1.29, 1.82) is 0 Å². The second kappa shape index (κ2) is 8.16. The molecule has 2 heteroatoms. The third kappa shape index (κ3) is 3.96. The number of methoxy groups -OCH3 is 1. The fraction of sp³-hybridized carbons (Fsp3) is 1.00. The van der Waals surface area contributed by atoms with Crippen LogP contribution in [0.15, 0.2) is 0 Å². The van der Waals surface area contributed by atoms with Gasteiger partial charge in [-0.3, -0.25) is 0 Å². The first-order chi connectivity index (χ1) is 8.72. The highest BCUT2D eigenvalue weighted by molar-refractivity contribution is 4.94. The third-order valence-corrected chi connectivity index (χ3v) is 5.06. The van der Waals surface area contributed by atoms with Gasteiger partial charge >= 0.3 is 0 Å². The molecule has 1 atom stereocenters. The van der Waals surface area contributed by atoms with Crippen molar-refractivity contribution in [3.8, 4) is 0 Å². The van der Waals surface area contributed by atoms with Crippen molar-refractivity contribution in [3.63, 3.8) is 0 Å². The Morgan fingerprint density at radius 3 is 2.00 bits per heavy atom. The number of likely N-dealkylation sites (N-methyl/N-ethyl adjacent to an activating group) is 1. The Balaban J connectivity index is 2.73. The van der Waals surface area contributed by atoms with Gasteiger partial charge < -0.3 is 10.1 Å². The van der Waals surface area contributed by atoms with Crippen LogP contribution in [0.1, 0.15) is 71.6 Å². The van der Waals surface area contributed by atoms with Crippen LogP contribution in [0.3, 0.4) is 0 Å². The van der Waals surface area contributed by atoms with Crippen LogP contribution in [0.4, 0.5) is 0 Å². The molecule has 108 valence electrons.